The molecule has 96 valence electrons. The van der Waals surface area contributed by atoms with Crippen molar-refractivity contribution in [1.29, 1.82) is 0 Å². The molecule has 0 aromatic rings. The molecule has 8 nitrogen and oxygen atoms in total. The van der Waals surface area contributed by atoms with Gasteiger partial charge in [0.2, 0.25) is 0 Å². The summed E-state index contributed by atoms with van der Waals surface area (Å²) in [5, 5.41) is 34.1. The number of hydrogen-bond donors (Lipinski definition) is 4. The van der Waals surface area contributed by atoms with Crippen LogP contribution < -0.4 is 5.73 Å². The summed E-state index contributed by atoms with van der Waals surface area (Å²) in [5.74, 6) is 0.291. The van der Waals surface area contributed by atoms with E-state index in [-0.39, 0.29) is 6.67 Å². The summed E-state index contributed by atoms with van der Waals surface area (Å²) in [6, 6.07) is 0. The molecule has 0 aliphatic carbocycles. The highest BCUT2D eigenvalue weighted by atomic mass is 16.6. The van der Waals surface area contributed by atoms with E-state index in [4.69, 9.17) is 10.5 Å². The van der Waals surface area contributed by atoms with Crippen molar-refractivity contribution < 1.29 is 20.1 Å². The Balaban J connectivity index is 2.12. The van der Waals surface area contributed by atoms with Gasteiger partial charge in [0.05, 0.1) is 12.8 Å². The van der Waals surface area contributed by atoms with Gasteiger partial charge in [0, 0.05) is 0 Å². The highest BCUT2D eigenvalue weighted by Crippen LogP contribution is 2.32. The standard InChI is InChI=1S/C9H16N4O4/c1-9(3-14)7(16)6(15)8(17-9)13-4-11-5(10)2-12-13/h2,6-8,14-16H,3-4H2,1H3,(H2,10,11). The molecule has 1 saturated heterocycles. The third kappa shape index (κ3) is 2.00. The Morgan fingerprint density at radius 1 is 1.65 bits per heavy atom. The van der Waals surface area contributed by atoms with Gasteiger partial charge in [-0.25, -0.2) is 10.0 Å². The van der Waals surface area contributed by atoms with Gasteiger partial charge >= 0.3 is 0 Å². The predicted octanol–water partition coefficient (Wildman–Crippen LogP) is -2.57. The molecule has 2 rings (SSSR count). The first-order valence-electron chi connectivity index (χ1n) is 5.23. The van der Waals surface area contributed by atoms with Crippen molar-refractivity contribution in [1.82, 2.24) is 5.01 Å². The lowest BCUT2D eigenvalue weighted by atomic mass is 9.99. The number of hydrazone groups is 1. The van der Waals surface area contributed by atoms with Crippen LogP contribution in [0, 0.1) is 0 Å². The first-order chi connectivity index (χ1) is 7.98. The normalized spacial score (nSPS) is 41.8. The topological polar surface area (TPSA) is 124 Å². The van der Waals surface area contributed by atoms with E-state index in [1.165, 1.54) is 18.1 Å². The second-order valence-electron chi connectivity index (χ2n) is 4.32. The lowest BCUT2D eigenvalue weighted by Gasteiger charge is -2.28. The van der Waals surface area contributed by atoms with Crippen molar-refractivity contribution in [3.63, 3.8) is 0 Å². The smallest absolute Gasteiger partial charge is 0.177 e. The second-order valence-corrected chi connectivity index (χ2v) is 4.32. The highest BCUT2D eigenvalue weighted by Gasteiger charge is 2.53. The Bertz CT molecular complexity index is 361. The zero-order valence-corrected chi connectivity index (χ0v) is 9.39. The van der Waals surface area contributed by atoms with Gasteiger partial charge in [0.1, 0.15) is 30.3 Å². The number of nitrogens with two attached hydrogens (primary N) is 1. The third-order valence-electron chi connectivity index (χ3n) is 2.98. The molecule has 1 fully saturated rings. The maximum atomic E-state index is 9.86. The van der Waals surface area contributed by atoms with Gasteiger partial charge in [-0.3, -0.25) is 0 Å². The van der Waals surface area contributed by atoms with Crippen LogP contribution in [-0.2, 0) is 4.74 Å². The monoisotopic (exact) mass is 244 g/mol. The van der Waals surface area contributed by atoms with Crippen molar-refractivity contribution in [3.05, 3.63) is 0 Å². The number of aliphatic hydroxyl groups excluding tert-OH is 3. The molecule has 0 aromatic heterocycles. The Kier molecular flexibility index (Phi) is 3.04. The van der Waals surface area contributed by atoms with E-state index in [1.807, 2.05) is 0 Å². The zero-order valence-electron chi connectivity index (χ0n) is 9.39. The fraction of sp³-hybridized carbons (Fsp3) is 0.778. The molecule has 8 heteroatoms. The Morgan fingerprint density at radius 3 is 2.82 bits per heavy atom. The molecule has 0 radical (unpaired) electrons. The molecular weight excluding hydrogens is 228 g/mol. The highest BCUT2D eigenvalue weighted by molar-refractivity contribution is 6.28. The summed E-state index contributed by atoms with van der Waals surface area (Å²) in [4.78, 5) is 3.92. The van der Waals surface area contributed by atoms with Crippen molar-refractivity contribution in [3.8, 4) is 0 Å². The number of amidine groups is 1. The maximum Gasteiger partial charge on any atom is 0.177 e. The zero-order chi connectivity index (χ0) is 12.6. The molecule has 2 heterocycles. The van der Waals surface area contributed by atoms with Crippen LogP contribution in [0.4, 0.5) is 0 Å². The van der Waals surface area contributed by atoms with Gasteiger partial charge in [-0.2, -0.15) is 5.10 Å². The van der Waals surface area contributed by atoms with Crippen LogP contribution in [0.25, 0.3) is 0 Å². The summed E-state index contributed by atoms with van der Waals surface area (Å²) < 4.78 is 5.45. The molecule has 0 bridgehead atoms. The SMILES string of the molecule is CC1(CO)OC(N2CN=C(N)C=N2)C(O)C1O. The van der Waals surface area contributed by atoms with Crippen LogP contribution in [-0.4, -0.2) is 69.7 Å². The molecule has 0 aromatic carbocycles. The number of ether oxygens (including phenoxy) is 1. The van der Waals surface area contributed by atoms with Gasteiger partial charge in [0.25, 0.3) is 0 Å². The molecular formula is C9H16N4O4. The fourth-order valence-corrected chi connectivity index (χ4v) is 1.81. The Hall–Kier alpha value is -1.22. The molecule has 17 heavy (non-hydrogen) atoms. The summed E-state index contributed by atoms with van der Waals surface area (Å²) >= 11 is 0. The lowest BCUT2D eigenvalue weighted by molar-refractivity contribution is -0.140. The van der Waals surface area contributed by atoms with Crippen LogP contribution in [0.5, 0.6) is 0 Å². The average Bonchev–Trinajstić information content (AvgIpc) is 2.56. The minimum Gasteiger partial charge on any atom is -0.393 e. The van der Waals surface area contributed by atoms with E-state index in [9.17, 15) is 15.3 Å². The molecule has 5 N–H and O–H groups in total. The van der Waals surface area contributed by atoms with E-state index in [0.717, 1.165) is 0 Å². The maximum absolute atomic E-state index is 9.86. The van der Waals surface area contributed by atoms with Crippen LogP contribution in [0.1, 0.15) is 6.92 Å². The molecule has 0 amide bonds. The first-order valence-corrected chi connectivity index (χ1v) is 5.23. The predicted molar refractivity (Wildman–Crippen MR) is 59.2 cm³/mol. The summed E-state index contributed by atoms with van der Waals surface area (Å²) in [5.41, 5.74) is 4.22. The van der Waals surface area contributed by atoms with Crippen LogP contribution in [0.3, 0.4) is 0 Å². The Labute approximate surface area is 98.0 Å². The third-order valence-corrected chi connectivity index (χ3v) is 2.98. The average molecular weight is 244 g/mol. The van der Waals surface area contributed by atoms with Crippen molar-refractivity contribution in [2.45, 2.75) is 31.0 Å². The summed E-state index contributed by atoms with van der Waals surface area (Å²) in [6.45, 7) is 1.26. The summed E-state index contributed by atoms with van der Waals surface area (Å²) in [7, 11) is 0. The molecule has 4 atom stereocenters. The minimum absolute atomic E-state index is 0.137. The Morgan fingerprint density at radius 2 is 2.35 bits per heavy atom. The van der Waals surface area contributed by atoms with E-state index >= 15 is 0 Å². The van der Waals surface area contributed by atoms with Crippen LogP contribution in [0.15, 0.2) is 10.1 Å². The van der Waals surface area contributed by atoms with E-state index < -0.39 is 30.6 Å². The molecule has 2 aliphatic rings. The first kappa shape index (κ1) is 12.2. The second kappa shape index (κ2) is 4.22. The van der Waals surface area contributed by atoms with Crippen LogP contribution in [0.2, 0.25) is 0 Å². The molecule has 0 saturated carbocycles. The van der Waals surface area contributed by atoms with E-state index in [1.54, 1.807) is 0 Å². The minimum atomic E-state index is -1.20. The van der Waals surface area contributed by atoms with Gasteiger partial charge in [0.15, 0.2) is 6.23 Å². The number of aliphatic imine (C=N–C) groups is 1. The van der Waals surface area contributed by atoms with Gasteiger partial charge in [-0.15, -0.1) is 0 Å². The van der Waals surface area contributed by atoms with Gasteiger partial charge in [-0.1, -0.05) is 0 Å². The van der Waals surface area contributed by atoms with E-state index in [0.29, 0.717) is 5.84 Å². The number of nitrogens with zero attached hydrogens (tertiary/aromatic N) is 3. The van der Waals surface area contributed by atoms with Crippen molar-refractivity contribution in [2.24, 2.45) is 15.8 Å². The molecule has 2 aliphatic heterocycles. The van der Waals surface area contributed by atoms with Crippen LogP contribution >= 0.6 is 0 Å². The fourth-order valence-electron chi connectivity index (χ4n) is 1.81. The van der Waals surface area contributed by atoms with Gasteiger partial charge < -0.3 is 25.8 Å². The molecule has 4 unspecified atom stereocenters. The largest absolute Gasteiger partial charge is 0.393 e. The van der Waals surface area contributed by atoms with Crippen molar-refractivity contribution >= 4 is 12.1 Å². The lowest BCUT2D eigenvalue weighted by Crippen LogP contribution is -2.44. The van der Waals surface area contributed by atoms with E-state index in [2.05, 4.69) is 10.1 Å². The number of rotatable bonds is 2. The molecule has 0 spiro atoms. The van der Waals surface area contributed by atoms with Crippen molar-refractivity contribution in [2.75, 3.05) is 13.3 Å². The quantitative estimate of drug-likeness (QED) is 0.423. The number of aliphatic hydroxyl groups is 3. The van der Waals surface area contributed by atoms with Gasteiger partial charge in [-0.05, 0) is 6.92 Å². The summed E-state index contributed by atoms with van der Waals surface area (Å²) in [6.07, 6.45) is -1.87. The number of hydrogen-bond acceptors (Lipinski definition) is 8.